The topological polar surface area (TPSA) is 21.3 Å². The Balaban J connectivity index is 2.13. The Bertz CT molecular complexity index is 556. The molecule has 0 fully saturated rings. The van der Waals surface area contributed by atoms with E-state index in [4.69, 9.17) is 4.74 Å². The van der Waals surface area contributed by atoms with Crippen LogP contribution >= 0.6 is 15.9 Å². The first-order valence-electron chi connectivity index (χ1n) is 7.39. The summed E-state index contributed by atoms with van der Waals surface area (Å²) >= 11 is 3.52. The van der Waals surface area contributed by atoms with Gasteiger partial charge in [0.05, 0.1) is 0 Å². The van der Waals surface area contributed by atoms with E-state index in [0.717, 1.165) is 29.7 Å². The quantitative estimate of drug-likeness (QED) is 0.721. The first kappa shape index (κ1) is 16.1. The van der Waals surface area contributed by atoms with Crippen molar-refractivity contribution in [1.29, 1.82) is 0 Å². The van der Waals surface area contributed by atoms with Crippen molar-refractivity contribution in [1.82, 2.24) is 5.32 Å². The van der Waals surface area contributed by atoms with Gasteiger partial charge < -0.3 is 10.1 Å². The summed E-state index contributed by atoms with van der Waals surface area (Å²) in [6.07, 6.45) is 1.15. The van der Waals surface area contributed by atoms with Crippen LogP contribution in [0.15, 0.2) is 53.0 Å². The zero-order chi connectivity index (χ0) is 15.1. The largest absolute Gasteiger partial charge is 0.484 e. The van der Waals surface area contributed by atoms with Crippen LogP contribution in [0.25, 0.3) is 0 Å². The molecule has 112 valence electrons. The van der Waals surface area contributed by atoms with E-state index in [1.807, 2.05) is 18.2 Å². The van der Waals surface area contributed by atoms with Gasteiger partial charge in [0.2, 0.25) is 0 Å². The van der Waals surface area contributed by atoms with Crippen molar-refractivity contribution in [2.75, 3.05) is 13.1 Å². The number of hydrogen-bond donors (Lipinski definition) is 1. The molecule has 3 heteroatoms. The fourth-order valence-corrected chi connectivity index (χ4v) is 2.41. The van der Waals surface area contributed by atoms with E-state index < -0.39 is 0 Å². The molecule has 0 spiro atoms. The summed E-state index contributed by atoms with van der Waals surface area (Å²) in [5.74, 6) is 0.905. The Morgan fingerprint density at radius 1 is 1.14 bits per heavy atom. The van der Waals surface area contributed by atoms with Crippen LogP contribution in [0.2, 0.25) is 0 Å². The van der Waals surface area contributed by atoms with Crippen molar-refractivity contribution in [2.24, 2.45) is 0 Å². The SMILES string of the molecule is CCCNCC(Oc1ccc(Br)c(C)c1)c1ccccc1. The van der Waals surface area contributed by atoms with Gasteiger partial charge in [0, 0.05) is 11.0 Å². The van der Waals surface area contributed by atoms with Crippen molar-refractivity contribution in [3.63, 3.8) is 0 Å². The van der Waals surface area contributed by atoms with Gasteiger partial charge in [0.1, 0.15) is 11.9 Å². The molecule has 0 saturated heterocycles. The first-order chi connectivity index (χ1) is 10.2. The van der Waals surface area contributed by atoms with Crippen LogP contribution in [-0.4, -0.2) is 13.1 Å². The molecule has 0 amide bonds. The molecule has 0 aliphatic carbocycles. The van der Waals surface area contributed by atoms with E-state index in [1.54, 1.807) is 0 Å². The Hall–Kier alpha value is -1.32. The van der Waals surface area contributed by atoms with Gasteiger partial charge in [-0.2, -0.15) is 0 Å². The van der Waals surface area contributed by atoms with Crippen LogP contribution in [0.1, 0.15) is 30.6 Å². The fourth-order valence-electron chi connectivity index (χ4n) is 2.16. The third-order valence-corrected chi connectivity index (χ3v) is 4.23. The minimum absolute atomic E-state index is 0.0262. The van der Waals surface area contributed by atoms with E-state index in [-0.39, 0.29) is 6.10 Å². The molecule has 0 aromatic heterocycles. The van der Waals surface area contributed by atoms with E-state index >= 15 is 0 Å². The van der Waals surface area contributed by atoms with E-state index in [0.29, 0.717) is 0 Å². The Labute approximate surface area is 135 Å². The fraction of sp³-hybridized carbons (Fsp3) is 0.333. The van der Waals surface area contributed by atoms with Gasteiger partial charge in [0.15, 0.2) is 0 Å². The third kappa shape index (κ3) is 4.87. The van der Waals surface area contributed by atoms with Crippen LogP contribution < -0.4 is 10.1 Å². The predicted octanol–water partition coefficient (Wildman–Crippen LogP) is 4.88. The van der Waals surface area contributed by atoms with Crippen LogP contribution in [-0.2, 0) is 0 Å². The molecular formula is C18H22BrNO. The Morgan fingerprint density at radius 2 is 1.90 bits per heavy atom. The summed E-state index contributed by atoms with van der Waals surface area (Å²) in [7, 11) is 0. The molecule has 2 rings (SSSR count). The highest BCUT2D eigenvalue weighted by atomic mass is 79.9. The van der Waals surface area contributed by atoms with Crippen molar-refractivity contribution in [3.05, 3.63) is 64.1 Å². The lowest BCUT2D eigenvalue weighted by molar-refractivity contribution is 0.201. The second-order valence-corrected chi connectivity index (χ2v) is 5.99. The number of hydrogen-bond acceptors (Lipinski definition) is 2. The average molecular weight is 348 g/mol. The Kier molecular flexibility index (Phi) is 6.27. The molecule has 2 aromatic rings. The predicted molar refractivity (Wildman–Crippen MR) is 91.9 cm³/mol. The number of rotatable bonds is 7. The second-order valence-electron chi connectivity index (χ2n) is 5.13. The standard InChI is InChI=1S/C18H22BrNO/c1-3-11-20-13-18(15-7-5-4-6-8-15)21-16-9-10-17(19)14(2)12-16/h4-10,12,18,20H,3,11,13H2,1-2H3. The molecule has 0 saturated carbocycles. The zero-order valence-electron chi connectivity index (χ0n) is 12.6. The van der Waals surface area contributed by atoms with Crippen LogP contribution in [0, 0.1) is 6.92 Å². The monoisotopic (exact) mass is 347 g/mol. The average Bonchev–Trinajstić information content (AvgIpc) is 2.51. The van der Waals surface area contributed by atoms with Gasteiger partial charge >= 0.3 is 0 Å². The van der Waals surface area contributed by atoms with E-state index in [9.17, 15) is 0 Å². The molecule has 0 radical (unpaired) electrons. The van der Waals surface area contributed by atoms with Gasteiger partial charge in [0.25, 0.3) is 0 Å². The minimum Gasteiger partial charge on any atom is -0.484 e. The van der Waals surface area contributed by atoms with Crippen molar-refractivity contribution in [3.8, 4) is 5.75 Å². The summed E-state index contributed by atoms with van der Waals surface area (Å²) in [6.45, 7) is 6.06. The number of nitrogens with one attached hydrogen (secondary N) is 1. The summed E-state index contributed by atoms with van der Waals surface area (Å²) in [5.41, 5.74) is 2.38. The number of benzene rings is 2. The smallest absolute Gasteiger partial charge is 0.136 e. The maximum Gasteiger partial charge on any atom is 0.136 e. The maximum absolute atomic E-state index is 6.20. The van der Waals surface area contributed by atoms with Gasteiger partial charge in [-0.3, -0.25) is 0 Å². The lowest BCUT2D eigenvalue weighted by atomic mass is 10.1. The molecule has 1 atom stereocenters. The molecule has 0 heterocycles. The number of halogens is 1. The summed E-state index contributed by atoms with van der Waals surface area (Å²) in [4.78, 5) is 0. The van der Waals surface area contributed by atoms with Crippen molar-refractivity contribution >= 4 is 15.9 Å². The minimum atomic E-state index is 0.0262. The molecule has 21 heavy (non-hydrogen) atoms. The summed E-state index contributed by atoms with van der Waals surface area (Å²) in [6, 6.07) is 16.5. The van der Waals surface area contributed by atoms with Crippen LogP contribution in [0.5, 0.6) is 5.75 Å². The zero-order valence-corrected chi connectivity index (χ0v) is 14.2. The highest BCUT2D eigenvalue weighted by molar-refractivity contribution is 9.10. The highest BCUT2D eigenvalue weighted by Gasteiger charge is 2.13. The number of ether oxygens (including phenoxy) is 1. The molecule has 1 unspecified atom stereocenters. The lowest BCUT2D eigenvalue weighted by Crippen LogP contribution is -2.25. The van der Waals surface area contributed by atoms with Gasteiger partial charge in [-0.05, 0) is 49.2 Å². The molecule has 1 N–H and O–H groups in total. The summed E-state index contributed by atoms with van der Waals surface area (Å²) in [5, 5.41) is 3.45. The van der Waals surface area contributed by atoms with Crippen LogP contribution in [0.4, 0.5) is 0 Å². The second kappa shape index (κ2) is 8.20. The van der Waals surface area contributed by atoms with E-state index in [2.05, 4.69) is 65.4 Å². The highest BCUT2D eigenvalue weighted by Crippen LogP contribution is 2.26. The molecule has 0 bridgehead atoms. The van der Waals surface area contributed by atoms with Gasteiger partial charge in [-0.15, -0.1) is 0 Å². The van der Waals surface area contributed by atoms with Gasteiger partial charge in [-0.1, -0.05) is 53.2 Å². The van der Waals surface area contributed by atoms with E-state index in [1.165, 1.54) is 11.1 Å². The summed E-state index contributed by atoms with van der Waals surface area (Å²) < 4.78 is 7.31. The van der Waals surface area contributed by atoms with Crippen LogP contribution in [0.3, 0.4) is 0 Å². The maximum atomic E-state index is 6.20. The molecule has 2 nitrogen and oxygen atoms in total. The van der Waals surface area contributed by atoms with Crippen molar-refractivity contribution < 1.29 is 4.74 Å². The van der Waals surface area contributed by atoms with Crippen molar-refractivity contribution in [2.45, 2.75) is 26.4 Å². The lowest BCUT2D eigenvalue weighted by Gasteiger charge is -2.20. The first-order valence-corrected chi connectivity index (χ1v) is 8.18. The molecule has 0 aliphatic rings. The van der Waals surface area contributed by atoms with Gasteiger partial charge in [-0.25, -0.2) is 0 Å². The Morgan fingerprint density at radius 3 is 2.57 bits per heavy atom. The molecular weight excluding hydrogens is 326 g/mol. The molecule has 0 aliphatic heterocycles. The number of aryl methyl sites for hydroxylation is 1. The molecule has 2 aromatic carbocycles. The normalized spacial score (nSPS) is 12.1. The third-order valence-electron chi connectivity index (χ3n) is 3.34.